The average Bonchev–Trinajstić information content (AvgIpc) is 3.11. The number of piperidine rings is 1. The molecule has 4 unspecified atom stereocenters. The lowest BCUT2D eigenvalue weighted by Crippen LogP contribution is -2.53. The second-order valence-electron chi connectivity index (χ2n) is 5.97. The minimum atomic E-state index is -0.577. The second kappa shape index (κ2) is 5.72. The SMILES string of the molecule is COC(=O)C1CC2C(CCC(C)N2C(=O)c2ccnn2C)O1. The molecule has 0 bridgehead atoms. The van der Waals surface area contributed by atoms with Gasteiger partial charge in [-0.2, -0.15) is 5.10 Å². The highest BCUT2D eigenvalue weighted by Crippen LogP contribution is 2.36. The van der Waals surface area contributed by atoms with Crippen LogP contribution in [0.1, 0.15) is 36.7 Å². The van der Waals surface area contributed by atoms with E-state index in [0.717, 1.165) is 12.8 Å². The zero-order valence-electron chi connectivity index (χ0n) is 13.1. The molecule has 0 radical (unpaired) electrons. The van der Waals surface area contributed by atoms with Gasteiger partial charge >= 0.3 is 5.97 Å². The van der Waals surface area contributed by atoms with E-state index in [4.69, 9.17) is 9.47 Å². The molecule has 1 aromatic rings. The number of methoxy groups -OCH3 is 1. The van der Waals surface area contributed by atoms with Gasteiger partial charge in [-0.1, -0.05) is 0 Å². The van der Waals surface area contributed by atoms with Crippen molar-refractivity contribution in [2.75, 3.05) is 7.11 Å². The summed E-state index contributed by atoms with van der Waals surface area (Å²) >= 11 is 0. The van der Waals surface area contributed by atoms with Gasteiger partial charge in [-0.3, -0.25) is 9.48 Å². The molecule has 3 heterocycles. The number of carbonyl (C=O) groups excluding carboxylic acids is 2. The quantitative estimate of drug-likeness (QED) is 0.754. The van der Waals surface area contributed by atoms with Gasteiger partial charge in [0.2, 0.25) is 0 Å². The van der Waals surface area contributed by atoms with E-state index < -0.39 is 6.10 Å². The maximum absolute atomic E-state index is 12.9. The molecule has 0 N–H and O–H groups in total. The molecule has 2 fully saturated rings. The average molecular weight is 307 g/mol. The minimum Gasteiger partial charge on any atom is -0.467 e. The number of aryl methyl sites for hydroxylation is 1. The van der Waals surface area contributed by atoms with E-state index in [0.29, 0.717) is 12.1 Å². The summed E-state index contributed by atoms with van der Waals surface area (Å²) in [5, 5.41) is 4.06. The van der Waals surface area contributed by atoms with Crippen molar-refractivity contribution in [2.24, 2.45) is 7.05 Å². The Morgan fingerprint density at radius 2 is 2.18 bits per heavy atom. The Bertz CT molecular complexity index is 585. The molecule has 1 amide bonds. The number of aromatic nitrogens is 2. The number of fused-ring (bicyclic) bond motifs is 1. The summed E-state index contributed by atoms with van der Waals surface area (Å²) in [6.45, 7) is 2.04. The molecule has 7 heteroatoms. The number of ether oxygens (including phenoxy) is 2. The fourth-order valence-corrected chi connectivity index (χ4v) is 3.50. The molecule has 2 aliphatic heterocycles. The van der Waals surface area contributed by atoms with E-state index >= 15 is 0 Å². The Labute approximate surface area is 129 Å². The van der Waals surface area contributed by atoms with Crippen LogP contribution in [0.4, 0.5) is 0 Å². The maximum Gasteiger partial charge on any atom is 0.335 e. The second-order valence-corrected chi connectivity index (χ2v) is 5.97. The lowest BCUT2D eigenvalue weighted by Gasteiger charge is -2.41. The van der Waals surface area contributed by atoms with Crippen LogP contribution < -0.4 is 0 Å². The monoisotopic (exact) mass is 307 g/mol. The highest BCUT2D eigenvalue weighted by atomic mass is 16.6. The molecule has 4 atom stereocenters. The Hall–Kier alpha value is -1.89. The first-order valence-electron chi connectivity index (χ1n) is 7.57. The molecule has 0 aliphatic carbocycles. The normalized spacial score (nSPS) is 31.0. The molecule has 0 spiro atoms. The topological polar surface area (TPSA) is 73.7 Å². The number of amides is 1. The summed E-state index contributed by atoms with van der Waals surface area (Å²) in [7, 11) is 3.11. The van der Waals surface area contributed by atoms with E-state index in [9.17, 15) is 9.59 Å². The van der Waals surface area contributed by atoms with Crippen molar-refractivity contribution in [1.82, 2.24) is 14.7 Å². The number of hydrogen-bond donors (Lipinski definition) is 0. The summed E-state index contributed by atoms with van der Waals surface area (Å²) in [6.07, 6.45) is 3.14. The van der Waals surface area contributed by atoms with E-state index in [2.05, 4.69) is 5.10 Å². The van der Waals surface area contributed by atoms with Crippen molar-refractivity contribution in [1.29, 1.82) is 0 Å². The smallest absolute Gasteiger partial charge is 0.335 e. The van der Waals surface area contributed by atoms with E-state index in [-0.39, 0.29) is 30.1 Å². The Balaban J connectivity index is 1.84. The van der Waals surface area contributed by atoms with Crippen LogP contribution in [0, 0.1) is 0 Å². The van der Waals surface area contributed by atoms with E-state index in [1.807, 2.05) is 11.8 Å². The number of carbonyl (C=O) groups is 2. The van der Waals surface area contributed by atoms with Crippen molar-refractivity contribution in [3.8, 4) is 0 Å². The van der Waals surface area contributed by atoms with Crippen LogP contribution in [-0.2, 0) is 21.3 Å². The molecular weight excluding hydrogens is 286 g/mol. The van der Waals surface area contributed by atoms with Crippen LogP contribution in [0.2, 0.25) is 0 Å². The van der Waals surface area contributed by atoms with Gasteiger partial charge in [0, 0.05) is 25.7 Å². The number of nitrogens with zero attached hydrogens (tertiary/aromatic N) is 3. The van der Waals surface area contributed by atoms with Crippen LogP contribution in [0.15, 0.2) is 12.3 Å². The van der Waals surface area contributed by atoms with E-state index in [1.165, 1.54) is 7.11 Å². The van der Waals surface area contributed by atoms with Crippen LogP contribution in [-0.4, -0.2) is 58.0 Å². The van der Waals surface area contributed by atoms with Crippen molar-refractivity contribution in [2.45, 2.75) is 50.5 Å². The van der Waals surface area contributed by atoms with Gasteiger partial charge in [-0.05, 0) is 25.8 Å². The number of esters is 1. The van der Waals surface area contributed by atoms with Gasteiger partial charge in [0.25, 0.3) is 5.91 Å². The zero-order valence-corrected chi connectivity index (χ0v) is 13.1. The molecule has 0 aromatic carbocycles. The molecule has 22 heavy (non-hydrogen) atoms. The lowest BCUT2D eigenvalue weighted by molar-refractivity contribution is -0.153. The summed E-state index contributed by atoms with van der Waals surface area (Å²) in [5.74, 6) is -0.425. The Kier molecular flexibility index (Phi) is 3.90. The summed E-state index contributed by atoms with van der Waals surface area (Å²) in [6, 6.07) is 1.74. The highest BCUT2D eigenvalue weighted by molar-refractivity contribution is 5.93. The van der Waals surface area contributed by atoms with Gasteiger partial charge in [-0.15, -0.1) is 0 Å². The van der Waals surface area contributed by atoms with Gasteiger partial charge in [0.15, 0.2) is 6.10 Å². The largest absolute Gasteiger partial charge is 0.467 e. The van der Waals surface area contributed by atoms with Crippen molar-refractivity contribution in [3.05, 3.63) is 18.0 Å². The fraction of sp³-hybridized carbons (Fsp3) is 0.667. The van der Waals surface area contributed by atoms with Gasteiger partial charge in [0.05, 0.1) is 19.3 Å². The molecule has 2 aliphatic rings. The van der Waals surface area contributed by atoms with Gasteiger partial charge in [-0.25, -0.2) is 4.79 Å². The first kappa shape index (κ1) is 15.0. The van der Waals surface area contributed by atoms with Crippen LogP contribution >= 0.6 is 0 Å². The third-order valence-corrected chi connectivity index (χ3v) is 4.66. The number of likely N-dealkylation sites (tertiary alicyclic amines) is 1. The zero-order chi connectivity index (χ0) is 15.9. The minimum absolute atomic E-state index is 0.0590. The molecule has 0 saturated carbocycles. The predicted octanol–water partition coefficient (Wildman–Crippen LogP) is 0.744. The Morgan fingerprint density at radius 3 is 2.82 bits per heavy atom. The van der Waals surface area contributed by atoms with Crippen molar-refractivity contribution < 1.29 is 19.1 Å². The molecule has 7 nitrogen and oxygen atoms in total. The first-order valence-corrected chi connectivity index (χ1v) is 7.57. The Morgan fingerprint density at radius 1 is 1.41 bits per heavy atom. The van der Waals surface area contributed by atoms with Crippen LogP contribution in [0.3, 0.4) is 0 Å². The third kappa shape index (κ3) is 2.39. The van der Waals surface area contributed by atoms with Gasteiger partial charge < -0.3 is 14.4 Å². The highest BCUT2D eigenvalue weighted by Gasteiger charge is 2.48. The van der Waals surface area contributed by atoms with Crippen molar-refractivity contribution >= 4 is 11.9 Å². The first-order chi connectivity index (χ1) is 10.5. The maximum atomic E-state index is 12.9. The third-order valence-electron chi connectivity index (χ3n) is 4.66. The summed E-state index contributed by atoms with van der Waals surface area (Å²) in [4.78, 5) is 26.5. The molecular formula is C15H21N3O4. The molecule has 1 aromatic heterocycles. The van der Waals surface area contributed by atoms with Crippen LogP contribution in [0.5, 0.6) is 0 Å². The molecule has 2 saturated heterocycles. The number of hydrogen-bond acceptors (Lipinski definition) is 5. The predicted molar refractivity (Wildman–Crippen MR) is 77.2 cm³/mol. The fourth-order valence-electron chi connectivity index (χ4n) is 3.50. The van der Waals surface area contributed by atoms with Crippen molar-refractivity contribution in [3.63, 3.8) is 0 Å². The lowest BCUT2D eigenvalue weighted by atomic mass is 9.92. The molecule has 120 valence electrons. The summed E-state index contributed by atoms with van der Waals surface area (Å²) in [5.41, 5.74) is 0.550. The summed E-state index contributed by atoms with van der Waals surface area (Å²) < 4.78 is 12.2. The van der Waals surface area contributed by atoms with Gasteiger partial charge in [0.1, 0.15) is 5.69 Å². The van der Waals surface area contributed by atoms with E-state index in [1.54, 1.807) is 24.0 Å². The standard InChI is InChI=1S/C15H21N3O4/c1-9-4-5-12-11(8-13(22-12)15(20)21-3)18(9)14(19)10-6-7-16-17(10)2/h6-7,9,11-13H,4-5,8H2,1-3H3. The van der Waals surface area contributed by atoms with Crippen LogP contribution in [0.25, 0.3) is 0 Å². The molecule has 3 rings (SSSR count). The number of rotatable bonds is 2.